The fourth-order valence-corrected chi connectivity index (χ4v) is 4.65. The van der Waals surface area contributed by atoms with Gasteiger partial charge in [-0.05, 0) is 62.7 Å². The molecule has 1 atom stereocenters. The summed E-state index contributed by atoms with van der Waals surface area (Å²) in [5.41, 5.74) is 3.52. The Kier molecular flexibility index (Phi) is 9.02. The number of hydrogen-bond donors (Lipinski definition) is 1. The van der Waals surface area contributed by atoms with Crippen LogP contribution in [-0.4, -0.2) is 71.4 Å². The Morgan fingerprint density at radius 3 is 2.71 bits per heavy atom. The van der Waals surface area contributed by atoms with E-state index in [0.29, 0.717) is 55.0 Å². The quantitative estimate of drug-likeness (QED) is 0.261. The van der Waals surface area contributed by atoms with Gasteiger partial charge in [-0.1, -0.05) is 12.1 Å². The summed E-state index contributed by atoms with van der Waals surface area (Å²) in [6.07, 6.45) is 6.27. The molecule has 0 spiro atoms. The molecule has 7 nitrogen and oxygen atoms in total. The first kappa shape index (κ1) is 27.2. The van der Waals surface area contributed by atoms with E-state index in [9.17, 15) is 13.6 Å². The number of benzene rings is 2. The number of carbonyl (C=O) groups is 1. The molecule has 2 aromatic carbocycles. The number of fused-ring (bicyclic) bond motifs is 1. The van der Waals surface area contributed by atoms with Crippen molar-refractivity contribution in [1.29, 1.82) is 0 Å². The second-order valence-corrected chi connectivity index (χ2v) is 9.28. The lowest BCUT2D eigenvalue weighted by Crippen LogP contribution is -2.34. The second kappa shape index (κ2) is 12.6. The summed E-state index contributed by atoms with van der Waals surface area (Å²) in [6.45, 7) is 3.19. The maximum atomic E-state index is 13.9. The number of ether oxygens (including phenoxy) is 1. The molecule has 0 aliphatic rings. The van der Waals surface area contributed by atoms with Crippen LogP contribution in [0.25, 0.3) is 22.0 Å². The van der Waals surface area contributed by atoms with Gasteiger partial charge in [0.05, 0.1) is 31.0 Å². The normalized spacial score (nSPS) is 12.2. The first-order valence-corrected chi connectivity index (χ1v) is 12.7. The lowest BCUT2D eigenvalue weighted by atomic mass is 9.99. The Morgan fingerprint density at radius 2 is 1.95 bits per heavy atom. The van der Waals surface area contributed by atoms with E-state index in [1.165, 1.54) is 12.1 Å². The van der Waals surface area contributed by atoms with Crippen LogP contribution >= 0.6 is 0 Å². The largest absolute Gasteiger partial charge is 0.493 e. The summed E-state index contributed by atoms with van der Waals surface area (Å²) < 4.78 is 32.4. The van der Waals surface area contributed by atoms with Crippen molar-refractivity contribution in [3.63, 3.8) is 0 Å². The molecule has 1 N–H and O–H groups in total. The number of nitrogens with one attached hydrogen (secondary N) is 1. The van der Waals surface area contributed by atoms with Crippen molar-refractivity contribution in [2.24, 2.45) is 0 Å². The highest BCUT2D eigenvalue weighted by Gasteiger charge is 2.26. The van der Waals surface area contributed by atoms with E-state index in [-0.39, 0.29) is 24.4 Å². The molecule has 0 radical (unpaired) electrons. The first-order valence-electron chi connectivity index (χ1n) is 12.7. The number of H-pyrrole nitrogens is 1. The van der Waals surface area contributed by atoms with Gasteiger partial charge in [0.25, 0.3) is 5.91 Å². The highest BCUT2D eigenvalue weighted by atomic mass is 19.1. The standard InChI is InChI=1S/C29H33F2N5O2/c1-4-38-27-16-21(9-10-24(27)20-7-5-8-23(31)15-20)29(37)36(3)26(11-14-35(2)13-6-12-30)25-19-32-17-22-18-33-34-28(22)25/h5,7-10,15-19,26H,4,6,11-14H2,1-3H3,(H,33,34)/t26-/m1/s1. The molecule has 9 heteroatoms. The van der Waals surface area contributed by atoms with Gasteiger partial charge in [-0.2, -0.15) is 5.10 Å². The molecular formula is C29H33F2N5O2. The minimum absolute atomic E-state index is 0.190. The Morgan fingerprint density at radius 1 is 1.11 bits per heavy atom. The molecular weight excluding hydrogens is 488 g/mol. The fourth-order valence-electron chi connectivity index (χ4n) is 4.65. The summed E-state index contributed by atoms with van der Waals surface area (Å²) in [6, 6.07) is 11.2. The van der Waals surface area contributed by atoms with Crippen LogP contribution in [0.15, 0.2) is 61.1 Å². The minimum Gasteiger partial charge on any atom is -0.493 e. The Balaban J connectivity index is 1.66. The number of carbonyl (C=O) groups excluding carboxylic acids is 1. The molecule has 0 saturated carbocycles. The molecule has 0 bridgehead atoms. The number of nitrogens with zero attached hydrogens (tertiary/aromatic N) is 4. The van der Waals surface area contributed by atoms with Gasteiger partial charge in [0.1, 0.15) is 11.6 Å². The van der Waals surface area contributed by atoms with Gasteiger partial charge >= 0.3 is 0 Å². The molecule has 1 amide bonds. The third kappa shape index (κ3) is 6.16. The van der Waals surface area contributed by atoms with E-state index in [0.717, 1.165) is 16.5 Å². The Bertz CT molecular complexity index is 1380. The molecule has 2 aromatic heterocycles. The van der Waals surface area contributed by atoms with Gasteiger partial charge < -0.3 is 14.5 Å². The van der Waals surface area contributed by atoms with Crippen molar-refractivity contribution in [3.05, 3.63) is 78.0 Å². The van der Waals surface area contributed by atoms with Crippen molar-refractivity contribution in [2.45, 2.75) is 25.8 Å². The number of aromatic amines is 1. The van der Waals surface area contributed by atoms with Crippen molar-refractivity contribution in [3.8, 4) is 16.9 Å². The summed E-state index contributed by atoms with van der Waals surface area (Å²) in [4.78, 5) is 21.9. The van der Waals surface area contributed by atoms with Crippen LogP contribution in [0.3, 0.4) is 0 Å². The van der Waals surface area contributed by atoms with Crippen molar-refractivity contribution >= 4 is 16.8 Å². The fraction of sp³-hybridized carbons (Fsp3) is 0.345. The SMILES string of the molecule is CCOc1cc(C(=O)N(C)[C@H](CCN(C)CCCF)c2cncc3cn[nH]c23)ccc1-c1cccc(F)c1. The van der Waals surface area contributed by atoms with E-state index in [1.807, 2.05) is 20.0 Å². The van der Waals surface area contributed by atoms with Crippen molar-refractivity contribution < 1.29 is 18.3 Å². The summed E-state index contributed by atoms with van der Waals surface area (Å²) in [5, 5.41) is 8.05. The summed E-state index contributed by atoms with van der Waals surface area (Å²) in [5.74, 6) is -0.0207. The topological polar surface area (TPSA) is 74.3 Å². The van der Waals surface area contributed by atoms with E-state index in [1.54, 1.807) is 54.8 Å². The molecule has 0 unspecified atom stereocenters. The van der Waals surface area contributed by atoms with E-state index < -0.39 is 0 Å². The van der Waals surface area contributed by atoms with Crippen LogP contribution in [-0.2, 0) is 0 Å². The lowest BCUT2D eigenvalue weighted by molar-refractivity contribution is 0.0714. The van der Waals surface area contributed by atoms with E-state index in [2.05, 4.69) is 20.1 Å². The number of amides is 1. The van der Waals surface area contributed by atoms with Crippen molar-refractivity contribution in [1.82, 2.24) is 25.0 Å². The van der Waals surface area contributed by atoms with E-state index >= 15 is 0 Å². The third-order valence-corrected chi connectivity index (χ3v) is 6.65. The van der Waals surface area contributed by atoms with Gasteiger partial charge in [-0.15, -0.1) is 0 Å². The smallest absolute Gasteiger partial charge is 0.254 e. The maximum Gasteiger partial charge on any atom is 0.254 e. The molecule has 200 valence electrons. The molecule has 38 heavy (non-hydrogen) atoms. The molecule has 0 aliphatic carbocycles. The summed E-state index contributed by atoms with van der Waals surface area (Å²) >= 11 is 0. The average molecular weight is 522 g/mol. The number of aromatic nitrogens is 3. The van der Waals surface area contributed by atoms with Crippen LogP contribution in [0.4, 0.5) is 8.78 Å². The van der Waals surface area contributed by atoms with Crippen LogP contribution in [0, 0.1) is 5.82 Å². The number of halogens is 2. The number of pyridine rings is 1. The highest BCUT2D eigenvalue weighted by Crippen LogP contribution is 2.34. The van der Waals surface area contributed by atoms with Gasteiger partial charge in [0.2, 0.25) is 0 Å². The number of rotatable bonds is 12. The average Bonchev–Trinajstić information content (AvgIpc) is 3.41. The Hall–Kier alpha value is -3.85. The molecule has 4 rings (SSSR count). The zero-order chi connectivity index (χ0) is 27.1. The molecule has 0 aliphatic heterocycles. The molecule has 0 saturated heterocycles. The van der Waals surface area contributed by atoms with Crippen LogP contribution in [0.1, 0.15) is 41.7 Å². The van der Waals surface area contributed by atoms with Gasteiger partial charge in [0.15, 0.2) is 0 Å². The van der Waals surface area contributed by atoms with Gasteiger partial charge in [-0.3, -0.25) is 19.3 Å². The molecule has 4 aromatic rings. The lowest BCUT2D eigenvalue weighted by Gasteiger charge is -2.30. The maximum absolute atomic E-state index is 13.9. The predicted octanol–water partition coefficient (Wildman–Crippen LogP) is 5.66. The van der Waals surface area contributed by atoms with Gasteiger partial charge in [0, 0.05) is 54.6 Å². The summed E-state index contributed by atoms with van der Waals surface area (Å²) in [7, 11) is 3.72. The predicted molar refractivity (Wildman–Crippen MR) is 144 cm³/mol. The zero-order valence-corrected chi connectivity index (χ0v) is 22.0. The van der Waals surface area contributed by atoms with Crippen LogP contribution in [0.5, 0.6) is 5.75 Å². The van der Waals surface area contributed by atoms with Crippen molar-refractivity contribution in [2.75, 3.05) is 40.5 Å². The number of alkyl halides is 1. The zero-order valence-electron chi connectivity index (χ0n) is 22.0. The van der Waals surface area contributed by atoms with Crippen LogP contribution in [0.2, 0.25) is 0 Å². The Labute approximate surface area is 221 Å². The molecule has 0 fully saturated rings. The third-order valence-electron chi connectivity index (χ3n) is 6.65. The second-order valence-electron chi connectivity index (χ2n) is 9.28. The minimum atomic E-state index is -0.364. The van der Waals surface area contributed by atoms with Gasteiger partial charge in [-0.25, -0.2) is 4.39 Å². The highest BCUT2D eigenvalue weighted by molar-refractivity contribution is 5.96. The number of hydrogen-bond acceptors (Lipinski definition) is 5. The monoisotopic (exact) mass is 521 g/mol. The van der Waals surface area contributed by atoms with E-state index in [4.69, 9.17) is 4.74 Å². The van der Waals surface area contributed by atoms with Crippen LogP contribution < -0.4 is 4.74 Å². The first-order chi connectivity index (χ1) is 18.4. The molecule has 2 heterocycles.